The summed E-state index contributed by atoms with van der Waals surface area (Å²) in [6, 6.07) is -5.74. The summed E-state index contributed by atoms with van der Waals surface area (Å²) in [6.45, 7) is 16.0. The average molecular weight is 1010 g/mol. The van der Waals surface area contributed by atoms with Gasteiger partial charge in [-0.05, 0) is 114 Å². The maximum Gasteiger partial charge on any atom is 0.246 e. The van der Waals surface area contributed by atoms with Crippen molar-refractivity contribution in [3.63, 3.8) is 0 Å². The van der Waals surface area contributed by atoms with E-state index >= 15 is 0 Å². The van der Waals surface area contributed by atoms with Crippen LogP contribution in [0.3, 0.4) is 0 Å². The zero-order valence-electron chi connectivity index (χ0n) is 45.1. The standard InChI is InChI=1S/C54H88N10O8/c1-35(55-9)45(65)61-43(53(3,4)5)51(71)63-33-23-29-39(63)47(67)59-41(37-25-17-15-18-26-37)49(69)57-31-21-13-11-12-14-22-32-58-50(70)42(38-27-19-16-20-28-38)60-48(68)40-30-24-34-64(40)52(72)44(54(6,7)8)62-46(66)36(2)56-10/h35-44,55-56H,15-34H2,1-10H3,(H,57,69)(H,58,70)(H,59,67)(H,60,68)(H,61,65)(H,62,66)/t35-,36-,39-,40-,41-,42-,43+,44+/m0/s1. The highest BCUT2D eigenvalue weighted by Crippen LogP contribution is 2.31. The first kappa shape index (κ1) is 59.4. The lowest BCUT2D eigenvalue weighted by Gasteiger charge is -2.36. The van der Waals surface area contributed by atoms with Crippen LogP contribution in [0.4, 0.5) is 0 Å². The second-order valence-electron chi connectivity index (χ2n) is 22.5. The van der Waals surface area contributed by atoms with Crippen LogP contribution in [0.5, 0.6) is 0 Å². The molecule has 402 valence electrons. The van der Waals surface area contributed by atoms with Gasteiger partial charge in [-0.2, -0.15) is 0 Å². The minimum atomic E-state index is -0.845. The highest BCUT2D eigenvalue weighted by Gasteiger charge is 2.45. The lowest BCUT2D eigenvalue weighted by atomic mass is 9.83. The van der Waals surface area contributed by atoms with Crippen molar-refractivity contribution in [2.24, 2.45) is 22.7 Å². The largest absolute Gasteiger partial charge is 0.353 e. The van der Waals surface area contributed by atoms with E-state index in [9.17, 15) is 38.4 Å². The summed E-state index contributed by atoms with van der Waals surface area (Å²) >= 11 is 0. The predicted octanol–water partition coefficient (Wildman–Crippen LogP) is 2.40. The van der Waals surface area contributed by atoms with E-state index in [-0.39, 0.29) is 72.2 Å². The Morgan fingerprint density at radius 2 is 0.833 bits per heavy atom. The van der Waals surface area contributed by atoms with Crippen molar-refractivity contribution >= 4 is 47.3 Å². The number of rotatable bonds is 20. The van der Waals surface area contributed by atoms with Crippen molar-refractivity contribution in [2.75, 3.05) is 40.3 Å². The minimum Gasteiger partial charge on any atom is -0.353 e. The first-order valence-corrected chi connectivity index (χ1v) is 26.8. The first-order chi connectivity index (χ1) is 34.1. The molecular weight excluding hydrogens is 917 g/mol. The summed E-state index contributed by atoms with van der Waals surface area (Å²) in [5.74, 6) is 8.94. The molecule has 18 nitrogen and oxygen atoms in total. The van der Waals surface area contributed by atoms with Crippen LogP contribution in [0.1, 0.15) is 158 Å². The maximum atomic E-state index is 14.0. The fourth-order valence-electron chi connectivity index (χ4n) is 10.2. The second-order valence-corrected chi connectivity index (χ2v) is 22.5. The van der Waals surface area contributed by atoms with Gasteiger partial charge in [-0.1, -0.05) is 91.9 Å². The van der Waals surface area contributed by atoms with Gasteiger partial charge in [0.15, 0.2) is 0 Å². The van der Waals surface area contributed by atoms with Crippen LogP contribution >= 0.6 is 0 Å². The van der Waals surface area contributed by atoms with Gasteiger partial charge in [0.1, 0.15) is 36.3 Å². The Morgan fingerprint density at radius 1 is 0.486 bits per heavy atom. The Balaban J connectivity index is 1.30. The lowest BCUT2D eigenvalue weighted by molar-refractivity contribution is -0.144. The molecule has 0 aromatic rings. The quantitative estimate of drug-likeness (QED) is 0.0655. The topological polar surface area (TPSA) is 239 Å². The Morgan fingerprint density at radius 3 is 1.15 bits per heavy atom. The first-order valence-electron chi connectivity index (χ1n) is 26.8. The molecule has 0 aromatic heterocycles. The van der Waals surface area contributed by atoms with E-state index in [0.717, 1.165) is 64.2 Å². The molecule has 18 heteroatoms. The molecule has 0 unspecified atom stereocenters. The number of nitrogens with one attached hydrogen (secondary N) is 8. The minimum absolute atomic E-state index is 0.0430. The predicted molar refractivity (Wildman–Crippen MR) is 277 cm³/mol. The molecule has 2 heterocycles. The van der Waals surface area contributed by atoms with Crippen LogP contribution in [0.2, 0.25) is 0 Å². The molecule has 4 aliphatic rings. The molecule has 2 saturated heterocycles. The van der Waals surface area contributed by atoms with Gasteiger partial charge in [-0.15, -0.1) is 0 Å². The Hall–Kier alpha value is -5.20. The summed E-state index contributed by atoms with van der Waals surface area (Å²) < 4.78 is 0. The molecule has 0 spiro atoms. The van der Waals surface area contributed by atoms with E-state index in [1.807, 2.05) is 41.5 Å². The van der Waals surface area contributed by atoms with Crippen molar-refractivity contribution in [1.82, 2.24) is 52.3 Å². The molecular formula is C54H88N10O8. The fourth-order valence-corrected chi connectivity index (χ4v) is 10.2. The summed E-state index contributed by atoms with van der Waals surface area (Å²) in [5.41, 5.74) is -1.23. The van der Waals surface area contributed by atoms with Gasteiger partial charge in [-0.25, -0.2) is 0 Å². The van der Waals surface area contributed by atoms with Crippen LogP contribution in [0.15, 0.2) is 0 Å². The Kier molecular flexibility index (Phi) is 23.3. The van der Waals surface area contributed by atoms with Crippen LogP contribution in [0.25, 0.3) is 0 Å². The summed E-state index contributed by atoms with van der Waals surface area (Å²) in [6.07, 6.45) is 12.0. The van der Waals surface area contributed by atoms with E-state index < -0.39 is 59.2 Å². The third-order valence-corrected chi connectivity index (χ3v) is 14.9. The lowest BCUT2D eigenvalue weighted by Crippen LogP contribution is -2.61. The molecule has 4 rings (SSSR count). The maximum absolute atomic E-state index is 14.0. The van der Waals surface area contributed by atoms with Gasteiger partial charge in [0, 0.05) is 39.0 Å². The zero-order valence-corrected chi connectivity index (χ0v) is 45.1. The molecule has 8 N–H and O–H groups in total. The van der Waals surface area contributed by atoms with Crippen LogP contribution in [-0.2, 0) is 38.4 Å². The van der Waals surface area contributed by atoms with E-state index in [0.29, 0.717) is 51.6 Å². The van der Waals surface area contributed by atoms with E-state index in [1.165, 1.54) is 0 Å². The molecule has 72 heavy (non-hydrogen) atoms. The Labute approximate surface area is 429 Å². The third kappa shape index (κ3) is 17.2. The molecule has 0 bridgehead atoms. The number of likely N-dealkylation sites (tertiary alicyclic amines) is 2. The molecule has 8 atom stereocenters. The normalized spacial score (nSPS) is 21.2. The number of hydrogen-bond donors (Lipinski definition) is 8. The number of carbonyl (C=O) groups excluding carboxylic acids is 8. The average Bonchev–Trinajstić information content (AvgIpc) is 4.06. The number of likely N-dealkylation sites (N-methyl/N-ethyl adjacent to an activating group) is 2. The number of carbonyl (C=O) groups is 8. The van der Waals surface area contributed by atoms with Crippen LogP contribution in [0, 0.1) is 46.3 Å². The molecule has 2 aliphatic carbocycles. The van der Waals surface area contributed by atoms with Gasteiger partial charge in [0.25, 0.3) is 0 Å². The second kappa shape index (κ2) is 28.3. The Bertz CT molecular complexity index is 1870. The number of hydrogen-bond acceptors (Lipinski definition) is 10. The molecule has 2 saturated carbocycles. The van der Waals surface area contributed by atoms with Gasteiger partial charge >= 0.3 is 0 Å². The van der Waals surface area contributed by atoms with Crippen molar-refractivity contribution in [1.29, 1.82) is 0 Å². The van der Waals surface area contributed by atoms with Crippen molar-refractivity contribution in [3.8, 4) is 23.7 Å². The van der Waals surface area contributed by atoms with Gasteiger partial charge in [-0.3, -0.25) is 38.4 Å². The summed E-state index contributed by atoms with van der Waals surface area (Å²) in [7, 11) is 3.35. The van der Waals surface area contributed by atoms with Gasteiger partial charge in [0.05, 0.1) is 12.1 Å². The molecule has 2 aliphatic heterocycles. The monoisotopic (exact) mass is 1000 g/mol. The number of amides is 8. The zero-order chi connectivity index (χ0) is 53.2. The van der Waals surface area contributed by atoms with Crippen LogP contribution in [-0.4, -0.2) is 146 Å². The number of nitrogens with zero attached hydrogens (tertiary/aromatic N) is 2. The molecule has 8 amide bonds. The third-order valence-electron chi connectivity index (χ3n) is 14.9. The fraction of sp³-hybridized carbons (Fsp3) is 0.778. The van der Waals surface area contributed by atoms with Gasteiger partial charge in [0.2, 0.25) is 47.3 Å². The van der Waals surface area contributed by atoms with Gasteiger partial charge < -0.3 is 52.3 Å². The van der Waals surface area contributed by atoms with E-state index in [1.54, 1.807) is 37.7 Å². The van der Waals surface area contributed by atoms with E-state index in [2.05, 4.69) is 66.2 Å². The van der Waals surface area contributed by atoms with E-state index in [4.69, 9.17) is 0 Å². The highest BCUT2D eigenvalue weighted by molar-refractivity contribution is 5.97. The van der Waals surface area contributed by atoms with Crippen molar-refractivity contribution in [2.45, 2.75) is 206 Å². The van der Waals surface area contributed by atoms with Crippen molar-refractivity contribution < 1.29 is 38.4 Å². The highest BCUT2D eigenvalue weighted by atomic mass is 16.2. The summed E-state index contributed by atoms with van der Waals surface area (Å²) in [4.78, 5) is 112. The smallest absolute Gasteiger partial charge is 0.246 e. The summed E-state index contributed by atoms with van der Waals surface area (Å²) in [5, 5.41) is 23.6. The van der Waals surface area contributed by atoms with Crippen molar-refractivity contribution in [3.05, 3.63) is 0 Å². The van der Waals surface area contributed by atoms with Crippen LogP contribution < -0.4 is 42.5 Å². The SMILES string of the molecule is CN[C@@H](C)C(=O)N[C@H](C(=O)N1CCC[C@H]1C(=O)N[C@H](C(=O)NCCC#CC#CCCNC(=O)[C@@H](NC(=O)[C@@H]1CCCN1C(=O)[C@@H](NC(=O)[C@H](C)NC)C(C)(C)C)C1CCCCC1)C1CCCCC1)C(C)(C)C. The molecule has 0 aromatic carbocycles. The molecule has 4 fully saturated rings. The molecule has 0 radical (unpaired) electrons.